The lowest BCUT2D eigenvalue weighted by atomic mass is 10.1. The minimum absolute atomic E-state index is 0.0272. The Hall–Kier alpha value is -1.64. The summed E-state index contributed by atoms with van der Waals surface area (Å²) in [7, 11) is 0.276. The van der Waals surface area contributed by atoms with Crippen LogP contribution in [0, 0.1) is 0 Å². The highest BCUT2D eigenvalue weighted by atomic mass is 32.2. The molecule has 0 aromatic heterocycles. The van der Waals surface area contributed by atoms with Crippen LogP contribution in [-0.4, -0.2) is 64.0 Å². The maximum atomic E-state index is 12.6. The molecule has 8 heteroatoms. The van der Waals surface area contributed by atoms with E-state index in [0.717, 1.165) is 11.1 Å². The van der Waals surface area contributed by atoms with E-state index in [2.05, 4.69) is 4.99 Å². The molecule has 0 aliphatic carbocycles. The summed E-state index contributed by atoms with van der Waals surface area (Å²) in [5.74, 6) is 0.386. The van der Waals surface area contributed by atoms with Crippen LogP contribution in [0.25, 0.3) is 0 Å². The van der Waals surface area contributed by atoms with E-state index in [1.807, 2.05) is 38.4 Å². The molecule has 7 nitrogen and oxygen atoms in total. The second-order valence-electron chi connectivity index (χ2n) is 5.61. The van der Waals surface area contributed by atoms with Crippen LogP contribution in [0.1, 0.15) is 11.1 Å². The van der Waals surface area contributed by atoms with E-state index in [4.69, 9.17) is 10.5 Å². The first-order valence-corrected chi connectivity index (χ1v) is 9.10. The van der Waals surface area contributed by atoms with Crippen molar-refractivity contribution in [1.29, 1.82) is 0 Å². The van der Waals surface area contributed by atoms with Crippen LogP contribution in [0.4, 0.5) is 0 Å². The van der Waals surface area contributed by atoms with Gasteiger partial charge in [-0.2, -0.15) is 4.31 Å². The summed E-state index contributed by atoms with van der Waals surface area (Å²) < 4.78 is 31.8. The predicted molar refractivity (Wildman–Crippen MR) is 90.5 cm³/mol. The van der Waals surface area contributed by atoms with Gasteiger partial charge in [-0.05, 0) is 11.1 Å². The lowest BCUT2D eigenvalue weighted by Crippen LogP contribution is -2.41. The van der Waals surface area contributed by atoms with E-state index in [1.54, 1.807) is 4.90 Å². The van der Waals surface area contributed by atoms with Gasteiger partial charge in [-0.3, -0.25) is 0 Å². The fraction of sp³-hybridized carbons (Fsp3) is 0.533. The van der Waals surface area contributed by atoms with Gasteiger partial charge in [0.25, 0.3) is 0 Å². The second-order valence-corrected chi connectivity index (χ2v) is 7.57. The van der Waals surface area contributed by atoms with E-state index in [0.29, 0.717) is 38.8 Å². The zero-order valence-corrected chi connectivity index (χ0v) is 14.4. The highest BCUT2D eigenvalue weighted by molar-refractivity contribution is 7.88. The summed E-state index contributed by atoms with van der Waals surface area (Å²) in [4.78, 5) is 6.00. The third kappa shape index (κ3) is 4.92. The molecule has 1 fully saturated rings. The molecule has 0 atom stereocenters. The van der Waals surface area contributed by atoms with Crippen LogP contribution in [0.3, 0.4) is 0 Å². The Kier molecular flexibility index (Phi) is 5.97. The first-order valence-electron chi connectivity index (χ1n) is 7.50. The summed E-state index contributed by atoms with van der Waals surface area (Å²) >= 11 is 0. The summed E-state index contributed by atoms with van der Waals surface area (Å²) in [6.45, 7) is 2.08. The molecule has 23 heavy (non-hydrogen) atoms. The number of rotatable bonds is 5. The van der Waals surface area contributed by atoms with Crippen molar-refractivity contribution < 1.29 is 13.2 Å². The molecule has 128 valence electrons. The van der Waals surface area contributed by atoms with Crippen molar-refractivity contribution in [3.63, 3.8) is 0 Å². The van der Waals surface area contributed by atoms with Gasteiger partial charge in [0.1, 0.15) is 0 Å². The number of sulfonamides is 1. The zero-order chi connectivity index (χ0) is 16.9. The standard InChI is InChI=1S/C15H24N4O3S/c1-18(2)15(16)17-11-13-5-3-4-6-14(13)12-23(20,21)19-7-9-22-10-8-19/h3-6H,7-12H2,1-2H3,(H2,16,17). The van der Waals surface area contributed by atoms with Crippen molar-refractivity contribution in [1.82, 2.24) is 9.21 Å². The maximum Gasteiger partial charge on any atom is 0.218 e. The van der Waals surface area contributed by atoms with Crippen LogP contribution < -0.4 is 5.73 Å². The summed E-state index contributed by atoms with van der Waals surface area (Å²) in [5, 5.41) is 0. The first kappa shape index (κ1) is 17.7. The lowest BCUT2D eigenvalue weighted by Gasteiger charge is -2.26. The third-order valence-electron chi connectivity index (χ3n) is 3.69. The van der Waals surface area contributed by atoms with Gasteiger partial charge in [0.2, 0.25) is 10.0 Å². The molecule has 1 saturated heterocycles. The minimum Gasteiger partial charge on any atom is -0.379 e. The molecule has 0 amide bonds. The molecule has 1 heterocycles. The molecule has 1 aromatic rings. The Balaban J connectivity index is 2.15. The third-order valence-corrected chi connectivity index (χ3v) is 5.52. The number of morpholine rings is 1. The zero-order valence-electron chi connectivity index (χ0n) is 13.6. The minimum atomic E-state index is -3.35. The summed E-state index contributed by atoms with van der Waals surface area (Å²) in [6.07, 6.45) is 0. The van der Waals surface area contributed by atoms with Crippen molar-refractivity contribution in [3.8, 4) is 0 Å². The Bertz CT molecular complexity index is 652. The second kappa shape index (κ2) is 7.76. The molecule has 1 aliphatic heterocycles. The van der Waals surface area contributed by atoms with E-state index < -0.39 is 10.0 Å². The number of guanidine groups is 1. The van der Waals surface area contributed by atoms with Gasteiger partial charge in [0.05, 0.1) is 25.5 Å². The average molecular weight is 340 g/mol. The summed E-state index contributed by atoms with van der Waals surface area (Å²) in [6, 6.07) is 7.43. The highest BCUT2D eigenvalue weighted by Crippen LogP contribution is 2.17. The normalized spacial score (nSPS) is 17.2. The fourth-order valence-corrected chi connectivity index (χ4v) is 3.84. The van der Waals surface area contributed by atoms with Crippen molar-refractivity contribution in [3.05, 3.63) is 35.4 Å². The molecule has 0 radical (unpaired) electrons. The fourth-order valence-electron chi connectivity index (χ4n) is 2.27. The number of hydrogen-bond donors (Lipinski definition) is 1. The van der Waals surface area contributed by atoms with Crippen LogP contribution in [-0.2, 0) is 27.1 Å². The molecule has 1 aromatic carbocycles. The van der Waals surface area contributed by atoms with Crippen molar-refractivity contribution in [2.24, 2.45) is 10.7 Å². The van der Waals surface area contributed by atoms with Gasteiger partial charge >= 0.3 is 0 Å². The average Bonchev–Trinajstić information content (AvgIpc) is 2.54. The van der Waals surface area contributed by atoms with E-state index in [-0.39, 0.29) is 5.75 Å². The van der Waals surface area contributed by atoms with Crippen molar-refractivity contribution in [2.75, 3.05) is 40.4 Å². The number of nitrogens with two attached hydrogens (primary N) is 1. The Morgan fingerprint density at radius 2 is 1.87 bits per heavy atom. The largest absolute Gasteiger partial charge is 0.379 e. The first-order chi connectivity index (χ1) is 10.9. The lowest BCUT2D eigenvalue weighted by molar-refractivity contribution is 0.0729. The van der Waals surface area contributed by atoms with E-state index >= 15 is 0 Å². The van der Waals surface area contributed by atoms with Crippen molar-refractivity contribution in [2.45, 2.75) is 12.3 Å². The Morgan fingerprint density at radius 3 is 2.48 bits per heavy atom. The monoisotopic (exact) mass is 340 g/mol. The van der Waals surface area contributed by atoms with Gasteiger partial charge in [0.15, 0.2) is 5.96 Å². The molecule has 0 unspecified atom stereocenters. The number of aliphatic imine (C=N–C) groups is 1. The molecule has 0 saturated carbocycles. The highest BCUT2D eigenvalue weighted by Gasteiger charge is 2.25. The Labute approximate surface area is 137 Å². The van der Waals surface area contributed by atoms with Crippen LogP contribution in [0.5, 0.6) is 0 Å². The van der Waals surface area contributed by atoms with E-state index in [1.165, 1.54) is 4.31 Å². The van der Waals surface area contributed by atoms with Crippen LogP contribution in [0.2, 0.25) is 0 Å². The molecule has 0 spiro atoms. The molecule has 2 N–H and O–H groups in total. The maximum absolute atomic E-state index is 12.6. The SMILES string of the molecule is CN(C)C(N)=NCc1ccccc1CS(=O)(=O)N1CCOCC1. The molecular weight excluding hydrogens is 316 g/mol. The number of ether oxygens (including phenoxy) is 1. The topological polar surface area (TPSA) is 88.2 Å². The molecule has 0 bridgehead atoms. The van der Waals surface area contributed by atoms with Gasteiger partial charge < -0.3 is 15.4 Å². The number of benzene rings is 1. The van der Waals surface area contributed by atoms with Gasteiger partial charge in [-0.15, -0.1) is 0 Å². The van der Waals surface area contributed by atoms with Crippen LogP contribution in [0.15, 0.2) is 29.3 Å². The smallest absolute Gasteiger partial charge is 0.218 e. The summed E-state index contributed by atoms with van der Waals surface area (Å²) in [5.41, 5.74) is 7.42. The van der Waals surface area contributed by atoms with Crippen molar-refractivity contribution >= 4 is 16.0 Å². The van der Waals surface area contributed by atoms with Gasteiger partial charge in [0, 0.05) is 27.2 Å². The number of nitrogens with zero attached hydrogens (tertiary/aromatic N) is 3. The van der Waals surface area contributed by atoms with Gasteiger partial charge in [-0.1, -0.05) is 24.3 Å². The quantitative estimate of drug-likeness (QED) is 0.612. The van der Waals surface area contributed by atoms with Crippen LogP contribution >= 0.6 is 0 Å². The van der Waals surface area contributed by atoms with Gasteiger partial charge in [-0.25, -0.2) is 13.4 Å². The predicted octanol–water partition coefficient (Wildman–Crippen LogP) is 0.225. The molecule has 2 rings (SSSR count). The molecular formula is C15H24N4O3S. The number of hydrogen-bond acceptors (Lipinski definition) is 4. The molecule has 1 aliphatic rings. The van der Waals surface area contributed by atoms with E-state index in [9.17, 15) is 8.42 Å². The Morgan fingerprint density at radius 1 is 1.26 bits per heavy atom.